The highest BCUT2D eigenvalue weighted by molar-refractivity contribution is 7.89. The van der Waals surface area contributed by atoms with E-state index in [1.807, 2.05) is 0 Å². The van der Waals surface area contributed by atoms with Crippen molar-refractivity contribution in [3.05, 3.63) is 24.1 Å². The Morgan fingerprint density at radius 3 is 2.71 bits per heavy atom. The molecule has 17 heavy (non-hydrogen) atoms. The summed E-state index contributed by atoms with van der Waals surface area (Å²) in [6, 6.07) is 2.38. The third-order valence-corrected chi connectivity index (χ3v) is 4.60. The van der Waals surface area contributed by atoms with Crippen molar-refractivity contribution in [2.45, 2.75) is 30.8 Å². The molecule has 0 radical (unpaired) electrons. The van der Waals surface area contributed by atoms with Gasteiger partial charge in [0.2, 0.25) is 5.03 Å². The Labute approximate surface area is 105 Å². The van der Waals surface area contributed by atoms with Crippen molar-refractivity contribution in [2.75, 3.05) is 5.88 Å². The Kier molecular flexibility index (Phi) is 4.46. The predicted octanol–water partition coefficient (Wildman–Crippen LogP) is 1.91. The van der Waals surface area contributed by atoms with Gasteiger partial charge in [-0.15, -0.1) is 11.6 Å². The highest BCUT2D eigenvalue weighted by atomic mass is 35.5. The summed E-state index contributed by atoms with van der Waals surface area (Å²) in [5, 5.41) is -0.607. The largest absolute Gasteiger partial charge is 0.261 e. The van der Waals surface area contributed by atoms with E-state index in [-0.39, 0.29) is 5.88 Å². The maximum absolute atomic E-state index is 13.4. The average molecular weight is 281 g/mol. The Balaban J connectivity index is 3.10. The summed E-state index contributed by atoms with van der Waals surface area (Å²) >= 11 is 5.70. The monoisotopic (exact) mass is 280 g/mol. The van der Waals surface area contributed by atoms with Gasteiger partial charge in [-0.3, -0.25) is 0 Å². The fourth-order valence-electron chi connectivity index (χ4n) is 1.14. The van der Waals surface area contributed by atoms with Crippen LogP contribution in [0.1, 0.15) is 20.3 Å². The van der Waals surface area contributed by atoms with Crippen LogP contribution in [0.2, 0.25) is 0 Å². The van der Waals surface area contributed by atoms with Crippen LogP contribution in [-0.2, 0) is 10.0 Å². The molecule has 1 aromatic heterocycles. The van der Waals surface area contributed by atoms with Crippen LogP contribution in [0.5, 0.6) is 0 Å². The molecule has 0 aromatic carbocycles. The maximum atomic E-state index is 13.4. The Morgan fingerprint density at radius 2 is 2.24 bits per heavy atom. The first kappa shape index (κ1) is 14.3. The van der Waals surface area contributed by atoms with E-state index in [1.165, 1.54) is 12.3 Å². The molecule has 4 nitrogen and oxygen atoms in total. The topological polar surface area (TPSA) is 59.1 Å². The van der Waals surface area contributed by atoms with E-state index in [1.54, 1.807) is 13.8 Å². The van der Waals surface area contributed by atoms with Crippen molar-refractivity contribution in [2.24, 2.45) is 0 Å². The average Bonchev–Trinajstić information content (AvgIpc) is 2.28. The van der Waals surface area contributed by atoms with E-state index in [4.69, 9.17) is 11.6 Å². The van der Waals surface area contributed by atoms with Crippen molar-refractivity contribution < 1.29 is 12.8 Å². The van der Waals surface area contributed by atoms with Crippen molar-refractivity contribution in [3.8, 4) is 0 Å². The molecular weight excluding hydrogens is 267 g/mol. The lowest BCUT2D eigenvalue weighted by Crippen LogP contribution is -2.47. The van der Waals surface area contributed by atoms with E-state index in [9.17, 15) is 12.8 Å². The minimum Gasteiger partial charge on any atom is -0.241 e. The van der Waals surface area contributed by atoms with Gasteiger partial charge in [0.15, 0.2) is 5.82 Å². The molecule has 0 amide bonds. The van der Waals surface area contributed by atoms with Crippen LogP contribution < -0.4 is 4.72 Å². The molecule has 0 fully saturated rings. The van der Waals surface area contributed by atoms with Gasteiger partial charge in [0.05, 0.1) is 0 Å². The summed E-state index contributed by atoms with van der Waals surface area (Å²) in [4.78, 5) is 3.53. The van der Waals surface area contributed by atoms with E-state index >= 15 is 0 Å². The molecule has 1 unspecified atom stereocenters. The number of nitrogens with one attached hydrogen (secondary N) is 1. The van der Waals surface area contributed by atoms with Gasteiger partial charge in [0.1, 0.15) is 0 Å². The molecule has 0 bridgehead atoms. The van der Waals surface area contributed by atoms with E-state index in [0.717, 1.165) is 6.07 Å². The number of pyridine rings is 1. The summed E-state index contributed by atoms with van der Waals surface area (Å²) in [7, 11) is -3.99. The van der Waals surface area contributed by atoms with Crippen LogP contribution in [0, 0.1) is 5.82 Å². The van der Waals surface area contributed by atoms with Crippen LogP contribution in [0.3, 0.4) is 0 Å². The van der Waals surface area contributed by atoms with Crippen LogP contribution in [-0.4, -0.2) is 24.8 Å². The number of rotatable bonds is 5. The van der Waals surface area contributed by atoms with Crippen molar-refractivity contribution in [1.82, 2.24) is 9.71 Å². The van der Waals surface area contributed by atoms with Gasteiger partial charge >= 0.3 is 0 Å². The summed E-state index contributed by atoms with van der Waals surface area (Å²) < 4.78 is 39.5. The maximum Gasteiger partial charge on any atom is 0.261 e. The minimum absolute atomic E-state index is 0.0944. The predicted molar refractivity (Wildman–Crippen MR) is 63.9 cm³/mol. The zero-order valence-electron chi connectivity index (χ0n) is 9.57. The van der Waals surface area contributed by atoms with E-state index < -0.39 is 26.4 Å². The zero-order valence-corrected chi connectivity index (χ0v) is 11.1. The normalized spacial score (nSPS) is 15.5. The molecule has 1 heterocycles. The zero-order chi connectivity index (χ0) is 13.1. The van der Waals surface area contributed by atoms with Gasteiger partial charge in [-0.1, -0.05) is 6.92 Å². The van der Waals surface area contributed by atoms with Gasteiger partial charge in [-0.05, 0) is 25.5 Å². The minimum atomic E-state index is -3.99. The number of aromatic nitrogens is 1. The second-order valence-corrected chi connectivity index (χ2v) is 5.81. The van der Waals surface area contributed by atoms with Crippen LogP contribution in [0.4, 0.5) is 4.39 Å². The van der Waals surface area contributed by atoms with Gasteiger partial charge in [0, 0.05) is 17.6 Å². The molecule has 0 aliphatic carbocycles. The van der Waals surface area contributed by atoms with Crippen molar-refractivity contribution >= 4 is 21.6 Å². The second-order valence-electron chi connectivity index (χ2n) is 3.94. The van der Waals surface area contributed by atoms with E-state index in [0.29, 0.717) is 6.42 Å². The summed E-state index contributed by atoms with van der Waals surface area (Å²) in [5.74, 6) is -0.787. The number of hydrogen-bond acceptors (Lipinski definition) is 3. The molecule has 0 saturated carbocycles. The fourth-order valence-corrected chi connectivity index (χ4v) is 2.96. The summed E-state index contributed by atoms with van der Waals surface area (Å²) in [6.45, 7) is 3.44. The Morgan fingerprint density at radius 1 is 1.59 bits per heavy atom. The Hall–Kier alpha value is -0.720. The van der Waals surface area contributed by atoms with Crippen molar-refractivity contribution in [3.63, 3.8) is 0 Å². The van der Waals surface area contributed by atoms with Gasteiger partial charge in [-0.25, -0.2) is 22.5 Å². The Bertz CT molecular complexity index is 489. The molecule has 7 heteroatoms. The SMILES string of the molecule is CCC(C)(CCl)NS(=O)(=O)c1ncccc1F. The third kappa shape index (κ3) is 3.37. The number of halogens is 2. The smallest absolute Gasteiger partial charge is 0.241 e. The van der Waals surface area contributed by atoms with Crippen LogP contribution >= 0.6 is 11.6 Å². The highest BCUT2D eigenvalue weighted by Crippen LogP contribution is 2.17. The molecule has 0 aliphatic rings. The summed E-state index contributed by atoms with van der Waals surface area (Å²) in [6.07, 6.45) is 1.71. The third-order valence-electron chi connectivity index (χ3n) is 2.44. The lowest BCUT2D eigenvalue weighted by atomic mass is 10.0. The molecule has 1 aromatic rings. The lowest BCUT2D eigenvalue weighted by molar-refractivity contribution is 0.440. The first-order chi connectivity index (χ1) is 7.84. The molecule has 0 spiro atoms. The summed E-state index contributed by atoms with van der Waals surface area (Å²) in [5.41, 5.74) is -0.815. The number of hydrogen-bond donors (Lipinski definition) is 1. The van der Waals surface area contributed by atoms with Crippen LogP contribution in [0.15, 0.2) is 23.4 Å². The first-order valence-electron chi connectivity index (χ1n) is 5.05. The van der Waals surface area contributed by atoms with Gasteiger partial charge in [0.25, 0.3) is 10.0 Å². The second kappa shape index (κ2) is 5.29. The van der Waals surface area contributed by atoms with E-state index in [2.05, 4.69) is 9.71 Å². The molecular formula is C10H14ClFN2O2S. The molecule has 0 saturated heterocycles. The standard InChI is InChI=1S/C10H14ClFN2O2S/c1-3-10(2,7-11)14-17(15,16)9-8(12)5-4-6-13-9/h4-6,14H,3,7H2,1-2H3. The number of sulfonamides is 1. The number of alkyl halides is 1. The van der Waals surface area contributed by atoms with Crippen molar-refractivity contribution in [1.29, 1.82) is 0 Å². The van der Waals surface area contributed by atoms with Gasteiger partial charge in [-0.2, -0.15) is 0 Å². The first-order valence-corrected chi connectivity index (χ1v) is 7.07. The highest BCUT2D eigenvalue weighted by Gasteiger charge is 2.30. The van der Waals surface area contributed by atoms with Gasteiger partial charge < -0.3 is 0 Å². The lowest BCUT2D eigenvalue weighted by Gasteiger charge is -2.26. The molecule has 1 atom stereocenters. The molecule has 0 aliphatic heterocycles. The fraction of sp³-hybridized carbons (Fsp3) is 0.500. The molecule has 96 valence electrons. The quantitative estimate of drug-likeness (QED) is 0.838. The number of nitrogens with zero attached hydrogens (tertiary/aromatic N) is 1. The molecule has 1 rings (SSSR count). The van der Waals surface area contributed by atoms with Crippen LogP contribution in [0.25, 0.3) is 0 Å². The molecule has 1 N–H and O–H groups in total.